The van der Waals surface area contributed by atoms with Gasteiger partial charge in [-0.3, -0.25) is 4.90 Å². The predicted molar refractivity (Wildman–Crippen MR) is 65.0 cm³/mol. The van der Waals surface area contributed by atoms with E-state index in [4.69, 9.17) is 10.8 Å². The van der Waals surface area contributed by atoms with Crippen molar-refractivity contribution in [1.29, 1.82) is 0 Å². The van der Waals surface area contributed by atoms with Crippen molar-refractivity contribution >= 4 is 11.3 Å². The highest BCUT2D eigenvalue weighted by Crippen LogP contribution is 2.27. The quantitative estimate of drug-likeness (QED) is 0.775. The van der Waals surface area contributed by atoms with Gasteiger partial charge in [-0.05, 0) is 24.9 Å². The van der Waals surface area contributed by atoms with E-state index in [0.29, 0.717) is 6.54 Å². The maximum Gasteiger partial charge on any atom is 0.0591 e. The third kappa shape index (κ3) is 3.28. The van der Waals surface area contributed by atoms with Crippen LogP contribution >= 0.6 is 11.3 Å². The van der Waals surface area contributed by atoms with Gasteiger partial charge in [-0.1, -0.05) is 13.0 Å². The van der Waals surface area contributed by atoms with Crippen LogP contribution in [0.2, 0.25) is 0 Å². The molecule has 4 heteroatoms. The molecule has 3 N–H and O–H groups in total. The second kappa shape index (κ2) is 6.23. The van der Waals surface area contributed by atoms with E-state index in [1.807, 2.05) is 13.1 Å². The van der Waals surface area contributed by atoms with E-state index in [1.54, 1.807) is 11.3 Å². The number of aliphatic hydroxyl groups excluding tert-OH is 1. The minimum Gasteiger partial charge on any atom is -0.395 e. The molecule has 0 bridgehead atoms. The van der Waals surface area contributed by atoms with Crippen LogP contribution in [0.1, 0.15) is 24.3 Å². The van der Waals surface area contributed by atoms with Gasteiger partial charge in [-0.25, -0.2) is 0 Å². The van der Waals surface area contributed by atoms with E-state index >= 15 is 0 Å². The van der Waals surface area contributed by atoms with Crippen LogP contribution in [-0.2, 0) is 0 Å². The fourth-order valence-corrected chi connectivity index (χ4v) is 2.70. The van der Waals surface area contributed by atoms with Gasteiger partial charge in [0.25, 0.3) is 0 Å². The first-order chi connectivity index (χ1) is 7.20. The Labute approximate surface area is 95.5 Å². The third-order valence-corrected chi connectivity index (χ3v) is 3.58. The molecule has 0 amide bonds. The Morgan fingerprint density at radius 1 is 1.60 bits per heavy atom. The molecule has 1 aromatic heterocycles. The van der Waals surface area contributed by atoms with Gasteiger partial charge < -0.3 is 10.8 Å². The topological polar surface area (TPSA) is 49.5 Å². The van der Waals surface area contributed by atoms with Crippen molar-refractivity contribution in [3.63, 3.8) is 0 Å². The normalized spacial score (nSPS) is 15.5. The fraction of sp³-hybridized carbons (Fsp3) is 0.636. The number of thiophene rings is 1. The smallest absolute Gasteiger partial charge is 0.0591 e. The van der Waals surface area contributed by atoms with Crippen LogP contribution in [0.3, 0.4) is 0 Å². The lowest BCUT2D eigenvalue weighted by Gasteiger charge is -2.31. The zero-order valence-electron chi connectivity index (χ0n) is 9.39. The first-order valence-corrected chi connectivity index (χ1v) is 6.18. The minimum atomic E-state index is 0.125. The Morgan fingerprint density at radius 2 is 2.33 bits per heavy atom. The summed E-state index contributed by atoms with van der Waals surface area (Å²) in [4.78, 5) is 3.40. The maximum atomic E-state index is 8.96. The molecule has 0 fully saturated rings. The highest BCUT2D eigenvalue weighted by Gasteiger charge is 2.23. The second-order valence-corrected chi connectivity index (χ2v) is 4.72. The molecule has 0 aliphatic rings. The van der Waals surface area contributed by atoms with Crippen molar-refractivity contribution in [3.05, 3.63) is 22.4 Å². The molecule has 1 aromatic rings. The number of likely N-dealkylation sites (N-methyl/N-ethyl adjacent to an activating group) is 1. The first-order valence-electron chi connectivity index (χ1n) is 5.30. The molecular weight excluding hydrogens is 208 g/mol. The van der Waals surface area contributed by atoms with Crippen LogP contribution in [0.5, 0.6) is 0 Å². The Hall–Kier alpha value is -0.420. The molecular formula is C11H20N2OS. The Balaban J connectivity index is 2.78. The summed E-state index contributed by atoms with van der Waals surface area (Å²) in [6.07, 6.45) is 0.943. The SMILES string of the molecule is CCC(N)C(c1cccs1)N(C)CCO. The summed E-state index contributed by atoms with van der Waals surface area (Å²) in [7, 11) is 2.01. The van der Waals surface area contributed by atoms with E-state index in [1.165, 1.54) is 4.88 Å². The number of nitrogens with zero attached hydrogens (tertiary/aromatic N) is 1. The highest BCUT2D eigenvalue weighted by molar-refractivity contribution is 7.10. The summed E-state index contributed by atoms with van der Waals surface area (Å²) in [5.41, 5.74) is 6.12. The van der Waals surface area contributed by atoms with Crippen molar-refractivity contribution in [1.82, 2.24) is 4.90 Å². The molecule has 2 unspecified atom stereocenters. The van der Waals surface area contributed by atoms with Crippen LogP contribution < -0.4 is 5.73 Å². The molecule has 0 aliphatic heterocycles. The lowest BCUT2D eigenvalue weighted by atomic mass is 10.0. The zero-order chi connectivity index (χ0) is 11.3. The molecule has 86 valence electrons. The van der Waals surface area contributed by atoms with E-state index in [0.717, 1.165) is 6.42 Å². The van der Waals surface area contributed by atoms with Crippen LogP contribution in [0.15, 0.2) is 17.5 Å². The summed E-state index contributed by atoms with van der Waals surface area (Å²) < 4.78 is 0. The number of rotatable bonds is 6. The van der Waals surface area contributed by atoms with Gasteiger partial charge in [0, 0.05) is 17.5 Å². The maximum absolute atomic E-state index is 8.96. The second-order valence-electron chi connectivity index (χ2n) is 3.74. The Morgan fingerprint density at radius 3 is 2.80 bits per heavy atom. The van der Waals surface area contributed by atoms with E-state index in [2.05, 4.69) is 23.3 Å². The molecule has 15 heavy (non-hydrogen) atoms. The summed E-state index contributed by atoms with van der Waals surface area (Å²) in [6.45, 7) is 2.93. The number of hydrogen-bond donors (Lipinski definition) is 2. The molecule has 0 aliphatic carbocycles. The van der Waals surface area contributed by atoms with Gasteiger partial charge >= 0.3 is 0 Å². The molecule has 1 heterocycles. The van der Waals surface area contributed by atoms with Crippen molar-refractivity contribution < 1.29 is 5.11 Å². The summed E-state index contributed by atoms with van der Waals surface area (Å²) in [5, 5.41) is 11.0. The number of nitrogens with two attached hydrogens (primary N) is 1. The molecule has 0 saturated carbocycles. The van der Waals surface area contributed by atoms with E-state index < -0.39 is 0 Å². The van der Waals surface area contributed by atoms with Crippen LogP contribution in [-0.4, -0.2) is 36.2 Å². The number of aliphatic hydroxyl groups is 1. The van der Waals surface area contributed by atoms with Crippen molar-refractivity contribution in [2.45, 2.75) is 25.4 Å². The molecule has 0 aromatic carbocycles. The Bertz CT molecular complexity index is 264. The van der Waals surface area contributed by atoms with Gasteiger partial charge in [0.05, 0.1) is 12.6 Å². The van der Waals surface area contributed by atoms with Gasteiger partial charge in [-0.2, -0.15) is 0 Å². The van der Waals surface area contributed by atoms with E-state index in [9.17, 15) is 0 Å². The summed E-state index contributed by atoms with van der Waals surface area (Å²) in [6, 6.07) is 4.50. The van der Waals surface area contributed by atoms with Crippen LogP contribution in [0.4, 0.5) is 0 Å². The average Bonchev–Trinajstić information content (AvgIpc) is 2.71. The molecule has 0 saturated heterocycles. The summed E-state index contributed by atoms with van der Waals surface area (Å²) >= 11 is 1.73. The van der Waals surface area contributed by atoms with Gasteiger partial charge in [0.2, 0.25) is 0 Å². The fourth-order valence-electron chi connectivity index (χ4n) is 1.73. The Kier molecular flexibility index (Phi) is 5.25. The van der Waals surface area contributed by atoms with Gasteiger partial charge in [-0.15, -0.1) is 11.3 Å². The zero-order valence-corrected chi connectivity index (χ0v) is 10.2. The molecule has 3 nitrogen and oxygen atoms in total. The average molecular weight is 228 g/mol. The standard InChI is InChI=1S/C11H20N2OS/c1-3-9(12)11(13(2)6-7-14)10-5-4-8-15-10/h4-5,8-9,11,14H,3,6-7,12H2,1-2H3. The molecule has 0 radical (unpaired) electrons. The lowest BCUT2D eigenvalue weighted by Crippen LogP contribution is -2.39. The van der Waals surface area contributed by atoms with Crippen molar-refractivity contribution in [2.75, 3.05) is 20.2 Å². The van der Waals surface area contributed by atoms with Crippen LogP contribution in [0.25, 0.3) is 0 Å². The van der Waals surface area contributed by atoms with Crippen molar-refractivity contribution in [2.24, 2.45) is 5.73 Å². The van der Waals surface area contributed by atoms with Crippen LogP contribution in [0, 0.1) is 0 Å². The molecule has 2 atom stereocenters. The third-order valence-electron chi connectivity index (χ3n) is 2.64. The molecule has 1 rings (SSSR count). The largest absolute Gasteiger partial charge is 0.395 e. The van der Waals surface area contributed by atoms with Crippen molar-refractivity contribution in [3.8, 4) is 0 Å². The highest BCUT2D eigenvalue weighted by atomic mass is 32.1. The molecule has 0 spiro atoms. The monoisotopic (exact) mass is 228 g/mol. The minimum absolute atomic E-state index is 0.125. The number of hydrogen-bond acceptors (Lipinski definition) is 4. The van der Waals surface area contributed by atoms with Gasteiger partial charge in [0.15, 0.2) is 0 Å². The lowest BCUT2D eigenvalue weighted by molar-refractivity contribution is 0.164. The van der Waals surface area contributed by atoms with E-state index in [-0.39, 0.29) is 18.7 Å². The first kappa shape index (κ1) is 12.6. The summed E-state index contributed by atoms with van der Waals surface area (Å²) in [5.74, 6) is 0. The predicted octanol–water partition coefficient (Wildman–Crippen LogP) is 1.45. The van der Waals surface area contributed by atoms with Gasteiger partial charge in [0.1, 0.15) is 0 Å².